The standard InChI is InChI=1S/C13H17NO3/c15-9-13(16)14-10-5-7-12(8-6-10)17-11-3-1-2-4-11/h5-8,11,15H,1-4,9H2,(H,14,16). The molecule has 0 unspecified atom stereocenters. The number of hydrogen-bond donors (Lipinski definition) is 2. The fourth-order valence-electron chi connectivity index (χ4n) is 2.02. The van der Waals surface area contributed by atoms with Gasteiger partial charge in [-0.05, 0) is 49.9 Å². The number of rotatable bonds is 4. The van der Waals surface area contributed by atoms with E-state index in [-0.39, 0.29) is 0 Å². The summed E-state index contributed by atoms with van der Waals surface area (Å²) in [6.45, 7) is -0.500. The largest absolute Gasteiger partial charge is 0.490 e. The van der Waals surface area contributed by atoms with Crippen LogP contribution in [0.4, 0.5) is 5.69 Å². The van der Waals surface area contributed by atoms with Gasteiger partial charge in [-0.1, -0.05) is 0 Å². The van der Waals surface area contributed by atoms with Crippen molar-refractivity contribution in [1.82, 2.24) is 0 Å². The summed E-state index contributed by atoms with van der Waals surface area (Å²) in [5.74, 6) is 0.424. The fraction of sp³-hybridized carbons (Fsp3) is 0.462. The van der Waals surface area contributed by atoms with Crippen molar-refractivity contribution in [2.45, 2.75) is 31.8 Å². The Morgan fingerprint density at radius 2 is 1.94 bits per heavy atom. The minimum Gasteiger partial charge on any atom is -0.490 e. The molecule has 2 N–H and O–H groups in total. The predicted octanol–water partition coefficient (Wildman–Crippen LogP) is 1.94. The summed E-state index contributed by atoms with van der Waals surface area (Å²) >= 11 is 0. The molecule has 2 rings (SSSR count). The van der Waals surface area contributed by atoms with E-state index in [0.717, 1.165) is 18.6 Å². The Hall–Kier alpha value is -1.55. The van der Waals surface area contributed by atoms with E-state index in [4.69, 9.17) is 9.84 Å². The summed E-state index contributed by atoms with van der Waals surface area (Å²) in [4.78, 5) is 11.0. The molecule has 1 aromatic rings. The van der Waals surface area contributed by atoms with Gasteiger partial charge >= 0.3 is 0 Å². The molecule has 1 saturated carbocycles. The van der Waals surface area contributed by atoms with Crippen LogP contribution in [0.3, 0.4) is 0 Å². The SMILES string of the molecule is O=C(CO)Nc1ccc(OC2CCCC2)cc1. The second-order valence-electron chi connectivity index (χ2n) is 4.25. The monoisotopic (exact) mass is 235 g/mol. The maximum absolute atomic E-state index is 11.0. The molecule has 0 bridgehead atoms. The summed E-state index contributed by atoms with van der Waals surface area (Å²) in [6, 6.07) is 7.23. The van der Waals surface area contributed by atoms with Crippen LogP contribution in [0.25, 0.3) is 0 Å². The Kier molecular flexibility index (Phi) is 3.98. The van der Waals surface area contributed by atoms with E-state index in [1.165, 1.54) is 12.8 Å². The number of hydrogen-bond acceptors (Lipinski definition) is 3. The lowest BCUT2D eigenvalue weighted by atomic mass is 10.2. The van der Waals surface area contributed by atoms with E-state index in [9.17, 15) is 4.79 Å². The molecule has 1 aliphatic carbocycles. The van der Waals surface area contributed by atoms with Crippen molar-refractivity contribution in [3.8, 4) is 5.75 Å². The van der Waals surface area contributed by atoms with Gasteiger partial charge in [0.15, 0.2) is 0 Å². The van der Waals surface area contributed by atoms with E-state index in [2.05, 4.69) is 5.32 Å². The second-order valence-corrected chi connectivity index (χ2v) is 4.25. The van der Waals surface area contributed by atoms with Gasteiger partial charge in [0.05, 0.1) is 6.10 Å². The molecule has 0 aromatic heterocycles. The van der Waals surface area contributed by atoms with Gasteiger partial charge in [0.2, 0.25) is 5.91 Å². The maximum atomic E-state index is 11.0. The van der Waals surface area contributed by atoms with Crippen molar-refractivity contribution in [2.24, 2.45) is 0 Å². The number of aliphatic hydroxyl groups is 1. The first-order chi connectivity index (χ1) is 8.28. The fourth-order valence-corrected chi connectivity index (χ4v) is 2.02. The number of benzene rings is 1. The minimum absolute atomic E-state index is 0.341. The lowest BCUT2D eigenvalue weighted by Crippen LogP contribution is -2.15. The van der Waals surface area contributed by atoms with E-state index in [1.807, 2.05) is 12.1 Å². The third kappa shape index (κ3) is 3.46. The van der Waals surface area contributed by atoms with Gasteiger partial charge in [-0.2, -0.15) is 0 Å². The van der Waals surface area contributed by atoms with Crippen LogP contribution in [-0.4, -0.2) is 23.7 Å². The van der Waals surface area contributed by atoms with Gasteiger partial charge in [-0.15, -0.1) is 0 Å². The van der Waals surface area contributed by atoms with Gasteiger partial charge in [-0.3, -0.25) is 4.79 Å². The number of nitrogens with one attached hydrogen (secondary N) is 1. The summed E-state index contributed by atoms with van der Waals surface area (Å²) < 4.78 is 5.80. The van der Waals surface area contributed by atoms with E-state index >= 15 is 0 Å². The molecule has 0 spiro atoms. The zero-order valence-electron chi connectivity index (χ0n) is 9.69. The van der Waals surface area contributed by atoms with E-state index in [1.54, 1.807) is 12.1 Å². The van der Waals surface area contributed by atoms with E-state index < -0.39 is 12.5 Å². The molecule has 0 saturated heterocycles. The molecular weight excluding hydrogens is 218 g/mol. The summed E-state index contributed by atoms with van der Waals surface area (Å²) in [6.07, 6.45) is 5.09. The molecule has 17 heavy (non-hydrogen) atoms. The molecule has 0 radical (unpaired) electrons. The molecule has 1 fully saturated rings. The van der Waals surface area contributed by atoms with Gasteiger partial charge in [0.25, 0.3) is 0 Å². The van der Waals surface area contributed by atoms with Gasteiger partial charge < -0.3 is 15.2 Å². The Labute approximate surface area is 101 Å². The summed E-state index contributed by atoms with van der Waals surface area (Å²) in [5.41, 5.74) is 0.669. The first kappa shape index (κ1) is 11.9. The third-order valence-electron chi connectivity index (χ3n) is 2.89. The summed E-state index contributed by atoms with van der Waals surface area (Å²) in [7, 11) is 0. The topological polar surface area (TPSA) is 58.6 Å². The van der Waals surface area contributed by atoms with Crippen LogP contribution in [0.1, 0.15) is 25.7 Å². The lowest BCUT2D eigenvalue weighted by molar-refractivity contribution is -0.118. The number of anilines is 1. The number of aliphatic hydroxyl groups excluding tert-OH is 1. The normalized spacial score (nSPS) is 15.8. The van der Waals surface area contributed by atoms with Gasteiger partial charge in [0, 0.05) is 5.69 Å². The Morgan fingerprint density at radius 3 is 2.53 bits per heavy atom. The van der Waals surface area contributed by atoms with Crippen LogP contribution < -0.4 is 10.1 Å². The molecule has 1 aromatic carbocycles. The predicted molar refractivity (Wildman–Crippen MR) is 65.0 cm³/mol. The molecule has 92 valence electrons. The molecular formula is C13H17NO3. The van der Waals surface area contributed by atoms with Crippen LogP contribution in [0, 0.1) is 0 Å². The molecule has 0 heterocycles. The quantitative estimate of drug-likeness (QED) is 0.838. The zero-order chi connectivity index (χ0) is 12.1. The summed E-state index contributed by atoms with van der Waals surface area (Å²) in [5, 5.41) is 11.2. The van der Waals surface area contributed by atoms with Crippen LogP contribution in [0.2, 0.25) is 0 Å². The van der Waals surface area contributed by atoms with Crippen LogP contribution in [0.5, 0.6) is 5.75 Å². The van der Waals surface area contributed by atoms with Crippen LogP contribution in [-0.2, 0) is 4.79 Å². The molecule has 0 atom stereocenters. The average molecular weight is 235 g/mol. The number of carbonyl (C=O) groups is 1. The molecule has 1 amide bonds. The zero-order valence-corrected chi connectivity index (χ0v) is 9.69. The first-order valence-corrected chi connectivity index (χ1v) is 5.95. The highest BCUT2D eigenvalue weighted by molar-refractivity contribution is 5.91. The number of ether oxygens (including phenoxy) is 1. The molecule has 0 aliphatic heterocycles. The van der Waals surface area contributed by atoms with Crippen molar-refractivity contribution < 1.29 is 14.6 Å². The van der Waals surface area contributed by atoms with Crippen molar-refractivity contribution in [3.63, 3.8) is 0 Å². The molecule has 1 aliphatic rings. The Bertz CT molecular complexity index is 369. The Balaban J connectivity index is 1.90. The third-order valence-corrected chi connectivity index (χ3v) is 2.89. The molecule has 4 nitrogen and oxygen atoms in total. The average Bonchev–Trinajstić information content (AvgIpc) is 2.84. The highest BCUT2D eigenvalue weighted by Crippen LogP contribution is 2.24. The number of carbonyl (C=O) groups excluding carboxylic acids is 1. The Morgan fingerprint density at radius 1 is 1.29 bits per heavy atom. The minimum atomic E-state index is -0.500. The van der Waals surface area contributed by atoms with Crippen molar-refractivity contribution in [1.29, 1.82) is 0 Å². The lowest BCUT2D eigenvalue weighted by Gasteiger charge is -2.13. The van der Waals surface area contributed by atoms with Gasteiger partial charge in [0.1, 0.15) is 12.4 Å². The van der Waals surface area contributed by atoms with Gasteiger partial charge in [-0.25, -0.2) is 0 Å². The van der Waals surface area contributed by atoms with Crippen molar-refractivity contribution >= 4 is 11.6 Å². The van der Waals surface area contributed by atoms with Crippen molar-refractivity contribution in [3.05, 3.63) is 24.3 Å². The van der Waals surface area contributed by atoms with Crippen LogP contribution >= 0.6 is 0 Å². The number of amides is 1. The van der Waals surface area contributed by atoms with Crippen molar-refractivity contribution in [2.75, 3.05) is 11.9 Å². The van der Waals surface area contributed by atoms with E-state index in [0.29, 0.717) is 11.8 Å². The van der Waals surface area contributed by atoms with Crippen LogP contribution in [0.15, 0.2) is 24.3 Å². The molecule has 4 heteroatoms. The second kappa shape index (κ2) is 5.68. The first-order valence-electron chi connectivity index (χ1n) is 5.95. The highest BCUT2D eigenvalue weighted by atomic mass is 16.5. The smallest absolute Gasteiger partial charge is 0.250 e. The maximum Gasteiger partial charge on any atom is 0.250 e. The highest BCUT2D eigenvalue weighted by Gasteiger charge is 2.16.